The standard InChI is InChI=1S/C8H6F5NO/c1-14-7-5(9)2-4(3-6(7)10)15-8(11,12)13/h2-3,14H,1H3. The highest BCUT2D eigenvalue weighted by Crippen LogP contribution is 2.28. The van der Waals surface area contributed by atoms with Crippen molar-refractivity contribution in [3.63, 3.8) is 0 Å². The molecule has 84 valence electrons. The van der Waals surface area contributed by atoms with Gasteiger partial charge in [0.25, 0.3) is 0 Å². The lowest BCUT2D eigenvalue weighted by molar-refractivity contribution is -0.274. The molecular weight excluding hydrogens is 221 g/mol. The van der Waals surface area contributed by atoms with E-state index in [4.69, 9.17) is 0 Å². The Morgan fingerprint density at radius 1 is 1.13 bits per heavy atom. The van der Waals surface area contributed by atoms with Gasteiger partial charge in [0.05, 0.1) is 0 Å². The molecule has 1 aromatic rings. The summed E-state index contributed by atoms with van der Waals surface area (Å²) in [5, 5.41) is 2.17. The molecule has 0 aliphatic carbocycles. The molecule has 7 heteroatoms. The Morgan fingerprint density at radius 2 is 1.60 bits per heavy atom. The number of hydrogen-bond acceptors (Lipinski definition) is 2. The first-order valence-electron chi connectivity index (χ1n) is 3.76. The molecule has 1 N–H and O–H groups in total. The number of ether oxygens (including phenoxy) is 1. The van der Waals surface area contributed by atoms with Gasteiger partial charge >= 0.3 is 6.36 Å². The van der Waals surface area contributed by atoms with E-state index in [1.165, 1.54) is 7.05 Å². The van der Waals surface area contributed by atoms with E-state index in [0.29, 0.717) is 12.1 Å². The molecule has 0 aliphatic heterocycles. The highest BCUT2D eigenvalue weighted by Gasteiger charge is 2.31. The van der Waals surface area contributed by atoms with Crippen molar-refractivity contribution in [1.82, 2.24) is 0 Å². The minimum absolute atomic E-state index is 0.447. The van der Waals surface area contributed by atoms with Crippen molar-refractivity contribution in [3.8, 4) is 5.75 Å². The average Bonchev–Trinajstić information content (AvgIpc) is 1.99. The van der Waals surface area contributed by atoms with Crippen LogP contribution in [-0.4, -0.2) is 13.4 Å². The predicted molar refractivity (Wildman–Crippen MR) is 42.6 cm³/mol. The van der Waals surface area contributed by atoms with Crippen molar-refractivity contribution in [2.75, 3.05) is 12.4 Å². The van der Waals surface area contributed by atoms with Crippen LogP contribution in [0.5, 0.6) is 5.75 Å². The molecule has 0 radical (unpaired) electrons. The van der Waals surface area contributed by atoms with Gasteiger partial charge in [-0.2, -0.15) is 0 Å². The molecule has 0 aromatic heterocycles. The number of alkyl halides is 3. The fraction of sp³-hybridized carbons (Fsp3) is 0.250. The van der Waals surface area contributed by atoms with Crippen LogP contribution in [0.3, 0.4) is 0 Å². The first-order valence-corrected chi connectivity index (χ1v) is 3.76. The molecule has 0 amide bonds. The maximum atomic E-state index is 12.9. The smallest absolute Gasteiger partial charge is 0.406 e. The molecule has 0 spiro atoms. The summed E-state index contributed by atoms with van der Waals surface area (Å²) < 4.78 is 64.3. The van der Waals surface area contributed by atoms with E-state index in [1.54, 1.807) is 0 Å². The van der Waals surface area contributed by atoms with E-state index in [-0.39, 0.29) is 0 Å². The molecule has 15 heavy (non-hydrogen) atoms. The largest absolute Gasteiger partial charge is 0.573 e. The third-order valence-electron chi connectivity index (χ3n) is 1.50. The van der Waals surface area contributed by atoms with Gasteiger partial charge in [-0.3, -0.25) is 0 Å². The molecule has 0 saturated carbocycles. The van der Waals surface area contributed by atoms with E-state index in [0.717, 1.165) is 0 Å². The van der Waals surface area contributed by atoms with Crippen LogP contribution in [0.2, 0.25) is 0 Å². The maximum absolute atomic E-state index is 12.9. The molecule has 0 atom stereocenters. The summed E-state index contributed by atoms with van der Waals surface area (Å²) in [5.41, 5.74) is -0.510. The summed E-state index contributed by atoms with van der Waals surface area (Å²) in [6.45, 7) is 0. The minimum atomic E-state index is -4.97. The van der Waals surface area contributed by atoms with Crippen LogP contribution in [0.4, 0.5) is 27.6 Å². The highest BCUT2D eigenvalue weighted by molar-refractivity contribution is 5.49. The van der Waals surface area contributed by atoms with Gasteiger partial charge in [0.15, 0.2) is 11.6 Å². The van der Waals surface area contributed by atoms with Crippen molar-refractivity contribution in [2.45, 2.75) is 6.36 Å². The molecule has 0 bridgehead atoms. The Morgan fingerprint density at radius 3 is 1.93 bits per heavy atom. The summed E-state index contributed by atoms with van der Waals surface area (Å²) >= 11 is 0. The summed E-state index contributed by atoms with van der Waals surface area (Å²) in [5.74, 6) is -3.25. The van der Waals surface area contributed by atoms with Crippen molar-refractivity contribution in [3.05, 3.63) is 23.8 Å². The van der Waals surface area contributed by atoms with E-state index in [2.05, 4.69) is 10.1 Å². The quantitative estimate of drug-likeness (QED) is 0.784. The fourth-order valence-corrected chi connectivity index (χ4v) is 0.981. The Labute approximate surface area is 81.7 Å². The predicted octanol–water partition coefficient (Wildman–Crippen LogP) is 2.91. The van der Waals surface area contributed by atoms with Gasteiger partial charge in [-0.25, -0.2) is 8.78 Å². The minimum Gasteiger partial charge on any atom is -0.406 e. The third-order valence-corrected chi connectivity index (χ3v) is 1.50. The Hall–Kier alpha value is -1.53. The topological polar surface area (TPSA) is 21.3 Å². The van der Waals surface area contributed by atoms with Crippen LogP contribution >= 0.6 is 0 Å². The number of benzene rings is 1. The molecule has 0 saturated heterocycles. The van der Waals surface area contributed by atoms with Gasteiger partial charge in [0, 0.05) is 19.2 Å². The number of hydrogen-bond donors (Lipinski definition) is 1. The first-order chi connectivity index (χ1) is 6.83. The van der Waals surface area contributed by atoms with Gasteiger partial charge in [-0.1, -0.05) is 0 Å². The zero-order valence-electron chi connectivity index (χ0n) is 7.45. The summed E-state index contributed by atoms with van der Waals surface area (Å²) in [4.78, 5) is 0. The maximum Gasteiger partial charge on any atom is 0.573 e. The summed E-state index contributed by atoms with van der Waals surface area (Å²) in [7, 11) is 1.24. The highest BCUT2D eigenvalue weighted by atomic mass is 19.4. The Balaban J connectivity index is 3.04. The monoisotopic (exact) mass is 227 g/mol. The van der Waals surface area contributed by atoms with Gasteiger partial charge < -0.3 is 10.1 Å². The van der Waals surface area contributed by atoms with E-state index >= 15 is 0 Å². The Kier molecular flexibility index (Phi) is 3.01. The zero-order valence-corrected chi connectivity index (χ0v) is 7.45. The van der Waals surface area contributed by atoms with Crippen molar-refractivity contribution in [1.29, 1.82) is 0 Å². The van der Waals surface area contributed by atoms with Crippen LogP contribution in [0.15, 0.2) is 12.1 Å². The lowest BCUT2D eigenvalue weighted by Crippen LogP contribution is -2.17. The van der Waals surface area contributed by atoms with Crippen LogP contribution in [-0.2, 0) is 0 Å². The molecule has 0 heterocycles. The van der Waals surface area contributed by atoms with Crippen LogP contribution in [0.25, 0.3) is 0 Å². The van der Waals surface area contributed by atoms with Gasteiger partial charge in [0.1, 0.15) is 11.4 Å². The van der Waals surface area contributed by atoms with Crippen molar-refractivity contribution in [2.24, 2.45) is 0 Å². The summed E-state index contributed by atoms with van der Waals surface area (Å²) in [6.07, 6.45) is -4.97. The number of anilines is 1. The SMILES string of the molecule is CNc1c(F)cc(OC(F)(F)F)cc1F. The third kappa shape index (κ3) is 2.97. The van der Waals surface area contributed by atoms with Crippen LogP contribution in [0, 0.1) is 11.6 Å². The molecule has 1 aromatic carbocycles. The molecule has 2 nitrogen and oxygen atoms in total. The molecular formula is C8H6F5NO. The van der Waals surface area contributed by atoms with Gasteiger partial charge in [-0.05, 0) is 0 Å². The molecule has 1 rings (SSSR count). The lowest BCUT2D eigenvalue weighted by atomic mass is 10.2. The zero-order chi connectivity index (χ0) is 11.6. The van der Waals surface area contributed by atoms with E-state index in [9.17, 15) is 22.0 Å². The van der Waals surface area contributed by atoms with Gasteiger partial charge in [-0.15, -0.1) is 13.2 Å². The second-order valence-corrected chi connectivity index (χ2v) is 2.56. The van der Waals surface area contributed by atoms with E-state index in [1.807, 2.05) is 0 Å². The fourth-order valence-electron chi connectivity index (χ4n) is 0.981. The molecule has 0 fully saturated rings. The van der Waals surface area contributed by atoms with Crippen LogP contribution < -0.4 is 10.1 Å². The van der Waals surface area contributed by atoms with Crippen molar-refractivity contribution < 1.29 is 26.7 Å². The summed E-state index contributed by atoms with van der Waals surface area (Å²) in [6, 6.07) is 0.894. The second kappa shape index (κ2) is 3.92. The lowest BCUT2D eigenvalue weighted by Gasteiger charge is -2.10. The van der Waals surface area contributed by atoms with Gasteiger partial charge in [0.2, 0.25) is 0 Å². The normalized spacial score (nSPS) is 11.3. The first kappa shape index (κ1) is 11.5. The van der Waals surface area contributed by atoms with E-state index < -0.39 is 29.4 Å². The molecule has 0 aliphatic rings. The van der Waals surface area contributed by atoms with Crippen molar-refractivity contribution >= 4 is 5.69 Å². The number of rotatable bonds is 2. The molecule has 0 unspecified atom stereocenters. The number of nitrogens with one attached hydrogen (secondary N) is 1. The second-order valence-electron chi connectivity index (χ2n) is 2.56. The Bertz CT molecular complexity index is 340. The number of halogens is 5. The van der Waals surface area contributed by atoms with Crippen LogP contribution in [0.1, 0.15) is 0 Å². The average molecular weight is 227 g/mol.